The molecule has 0 bridgehead atoms. The quantitative estimate of drug-likeness (QED) is 0.715. The lowest BCUT2D eigenvalue weighted by Gasteiger charge is -2.32. The Morgan fingerprint density at radius 1 is 1.13 bits per heavy atom. The number of aliphatic hydroxyl groups is 1. The minimum atomic E-state index is -0.535. The van der Waals surface area contributed by atoms with Crippen molar-refractivity contribution < 1.29 is 5.11 Å². The molecule has 2 atom stereocenters. The maximum atomic E-state index is 9.65. The van der Waals surface area contributed by atoms with Crippen LogP contribution in [-0.4, -0.2) is 16.7 Å². The van der Waals surface area contributed by atoms with Gasteiger partial charge in [0.05, 0.1) is 5.60 Å². The van der Waals surface area contributed by atoms with Crippen molar-refractivity contribution in [1.82, 2.24) is 0 Å². The summed E-state index contributed by atoms with van der Waals surface area (Å²) in [4.78, 5) is 0. The summed E-state index contributed by atoms with van der Waals surface area (Å²) in [5.74, 6) is 0.623. The van der Waals surface area contributed by atoms with Gasteiger partial charge in [-0.2, -0.15) is 0 Å². The first-order chi connectivity index (χ1) is 6.54. The Morgan fingerprint density at radius 2 is 1.60 bits per heavy atom. The molecule has 0 aromatic heterocycles. The van der Waals surface area contributed by atoms with Crippen LogP contribution in [-0.2, 0) is 0 Å². The van der Waals surface area contributed by atoms with Gasteiger partial charge in [-0.05, 0) is 51.4 Å². The van der Waals surface area contributed by atoms with Crippen LogP contribution >= 0.6 is 0 Å². The molecule has 0 saturated carbocycles. The Balaban J connectivity index is 3.99. The standard InChI is InChI=1S/C13H29NO/c1-10(7-8-13(5,6)15)9-12(3,4)11(2)14/h10-11,15H,7-9,14H2,1-6H3. The Morgan fingerprint density at radius 3 is 1.93 bits per heavy atom. The van der Waals surface area contributed by atoms with E-state index in [0.717, 1.165) is 19.3 Å². The zero-order valence-electron chi connectivity index (χ0n) is 11.3. The molecule has 0 spiro atoms. The Labute approximate surface area is 95.3 Å². The zero-order chi connectivity index (χ0) is 12.3. The van der Waals surface area contributed by atoms with Crippen LogP contribution in [0.25, 0.3) is 0 Å². The molecule has 0 rings (SSSR count). The van der Waals surface area contributed by atoms with Gasteiger partial charge in [0.1, 0.15) is 0 Å². The minimum absolute atomic E-state index is 0.193. The topological polar surface area (TPSA) is 46.2 Å². The van der Waals surface area contributed by atoms with E-state index in [9.17, 15) is 5.11 Å². The smallest absolute Gasteiger partial charge is 0.0591 e. The molecule has 0 saturated heterocycles. The average molecular weight is 215 g/mol. The first-order valence-electron chi connectivity index (χ1n) is 6.02. The van der Waals surface area contributed by atoms with Crippen molar-refractivity contribution in [2.24, 2.45) is 17.1 Å². The van der Waals surface area contributed by atoms with Crippen LogP contribution in [0.5, 0.6) is 0 Å². The van der Waals surface area contributed by atoms with Crippen molar-refractivity contribution in [2.75, 3.05) is 0 Å². The fourth-order valence-electron chi connectivity index (χ4n) is 1.79. The minimum Gasteiger partial charge on any atom is -0.390 e. The number of hydrogen-bond donors (Lipinski definition) is 2. The molecular weight excluding hydrogens is 186 g/mol. The first-order valence-corrected chi connectivity index (χ1v) is 6.02. The summed E-state index contributed by atoms with van der Waals surface area (Å²) < 4.78 is 0. The third kappa shape index (κ3) is 6.91. The molecule has 0 radical (unpaired) electrons. The highest BCUT2D eigenvalue weighted by Gasteiger charge is 2.26. The summed E-state index contributed by atoms with van der Waals surface area (Å²) in [6.07, 6.45) is 3.06. The van der Waals surface area contributed by atoms with Crippen molar-refractivity contribution in [2.45, 2.75) is 72.4 Å². The van der Waals surface area contributed by atoms with E-state index in [1.807, 2.05) is 13.8 Å². The fraction of sp³-hybridized carbons (Fsp3) is 1.00. The largest absolute Gasteiger partial charge is 0.390 e. The van der Waals surface area contributed by atoms with E-state index < -0.39 is 5.60 Å². The van der Waals surface area contributed by atoms with Crippen LogP contribution in [0, 0.1) is 11.3 Å². The SMILES string of the molecule is CC(CCC(C)(C)O)CC(C)(C)C(C)N. The molecule has 0 aromatic rings. The number of rotatable bonds is 6. The van der Waals surface area contributed by atoms with Crippen LogP contribution < -0.4 is 5.73 Å². The molecule has 0 aromatic carbocycles. The second kappa shape index (κ2) is 5.31. The predicted molar refractivity (Wildman–Crippen MR) is 66.7 cm³/mol. The van der Waals surface area contributed by atoms with Gasteiger partial charge in [0.25, 0.3) is 0 Å². The Hall–Kier alpha value is -0.0800. The van der Waals surface area contributed by atoms with Crippen molar-refractivity contribution in [3.63, 3.8) is 0 Å². The molecule has 2 heteroatoms. The third-order valence-electron chi connectivity index (χ3n) is 3.36. The molecular formula is C13H29NO. The van der Waals surface area contributed by atoms with E-state index in [0.29, 0.717) is 5.92 Å². The van der Waals surface area contributed by atoms with Gasteiger partial charge in [0.2, 0.25) is 0 Å². The Kier molecular flexibility index (Phi) is 5.28. The highest BCUT2D eigenvalue weighted by molar-refractivity contribution is 4.80. The summed E-state index contributed by atoms with van der Waals surface area (Å²) in [5, 5.41) is 9.65. The lowest BCUT2D eigenvalue weighted by Crippen LogP contribution is -2.36. The normalized spacial score (nSPS) is 17.6. The summed E-state index contributed by atoms with van der Waals surface area (Å²) in [5.41, 5.74) is 5.61. The number of hydrogen-bond acceptors (Lipinski definition) is 2. The van der Waals surface area contributed by atoms with E-state index in [-0.39, 0.29) is 11.5 Å². The molecule has 0 fully saturated rings. The van der Waals surface area contributed by atoms with E-state index in [4.69, 9.17) is 5.73 Å². The van der Waals surface area contributed by atoms with Crippen molar-refractivity contribution in [1.29, 1.82) is 0 Å². The van der Waals surface area contributed by atoms with E-state index in [1.165, 1.54) is 0 Å². The predicted octanol–water partition coefficient (Wildman–Crippen LogP) is 2.94. The maximum Gasteiger partial charge on any atom is 0.0591 e. The monoisotopic (exact) mass is 215 g/mol. The van der Waals surface area contributed by atoms with Crippen LogP contribution in [0.1, 0.15) is 60.8 Å². The lowest BCUT2D eigenvalue weighted by atomic mass is 9.76. The van der Waals surface area contributed by atoms with Crippen LogP contribution in [0.4, 0.5) is 0 Å². The zero-order valence-corrected chi connectivity index (χ0v) is 11.3. The molecule has 3 N–H and O–H groups in total. The van der Waals surface area contributed by atoms with Crippen LogP contribution in [0.15, 0.2) is 0 Å². The third-order valence-corrected chi connectivity index (χ3v) is 3.36. The molecule has 0 aliphatic carbocycles. The van der Waals surface area contributed by atoms with E-state index in [2.05, 4.69) is 27.7 Å². The van der Waals surface area contributed by atoms with Gasteiger partial charge in [-0.25, -0.2) is 0 Å². The second-order valence-electron chi connectivity index (χ2n) is 6.44. The molecule has 0 heterocycles. The molecule has 92 valence electrons. The summed E-state index contributed by atoms with van der Waals surface area (Å²) in [6.45, 7) is 12.5. The van der Waals surface area contributed by atoms with Crippen molar-refractivity contribution >= 4 is 0 Å². The molecule has 15 heavy (non-hydrogen) atoms. The Bertz CT molecular complexity index is 179. The highest BCUT2D eigenvalue weighted by atomic mass is 16.3. The van der Waals surface area contributed by atoms with Gasteiger partial charge in [-0.3, -0.25) is 0 Å². The molecule has 0 aliphatic rings. The van der Waals surface area contributed by atoms with Crippen LogP contribution in [0.2, 0.25) is 0 Å². The van der Waals surface area contributed by atoms with Gasteiger partial charge in [-0.15, -0.1) is 0 Å². The first kappa shape index (κ1) is 14.9. The second-order valence-corrected chi connectivity index (χ2v) is 6.44. The maximum absolute atomic E-state index is 9.65. The van der Waals surface area contributed by atoms with Crippen molar-refractivity contribution in [3.8, 4) is 0 Å². The fourth-order valence-corrected chi connectivity index (χ4v) is 1.79. The average Bonchev–Trinajstić information content (AvgIpc) is 1.98. The molecule has 0 amide bonds. The molecule has 2 nitrogen and oxygen atoms in total. The highest BCUT2D eigenvalue weighted by Crippen LogP contribution is 2.31. The van der Waals surface area contributed by atoms with Crippen LogP contribution in [0.3, 0.4) is 0 Å². The van der Waals surface area contributed by atoms with E-state index >= 15 is 0 Å². The summed E-state index contributed by atoms with van der Waals surface area (Å²) >= 11 is 0. The van der Waals surface area contributed by atoms with Gasteiger partial charge < -0.3 is 10.8 Å². The molecule has 2 unspecified atom stereocenters. The lowest BCUT2D eigenvalue weighted by molar-refractivity contribution is 0.0610. The van der Waals surface area contributed by atoms with Gasteiger partial charge in [-0.1, -0.05) is 20.8 Å². The van der Waals surface area contributed by atoms with Gasteiger partial charge >= 0.3 is 0 Å². The molecule has 0 aliphatic heterocycles. The van der Waals surface area contributed by atoms with E-state index in [1.54, 1.807) is 0 Å². The summed E-state index contributed by atoms with van der Waals surface area (Å²) in [6, 6.07) is 0.224. The number of nitrogens with two attached hydrogens (primary N) is 1. The van der Waals surface area contributed by atoms with Crippen molar-refractivity contribution in [3.05, 3.63) is 0 Å². The van der Waals surface area contributed by atoms with Gasteiger partial charge in [0.15, 0.2) is 0 Å². The summed E-state index contributed by atoms with van der Waals surface area (Å²) in [7, 11) is 0. The van der Waals surface area contributed by atoms with Gasteiger partial charge in [0, 0.05) is 6.04 Å².